The minimum Gasteiger partial charge on any atom is -0.303 e. The van der Waals surface area contributed by atoms with E-state index in [2.05, 4.69) is 11.9 Å². The minimum atomic E-state index is 0.411. The van der Waals surface area contributed by atoms with E-state index >= 15 is 0 Å². The lowest BCUT2D eigenvalue weighted by Gasteiger charge is -2.31. The molecule has 1 fully saturated rings. The highest BCUT2D eigenvalue weighted by Crippen LogP contribution is 2.18. The van der Waals surface area contributed by atoms with Crippen LogP contribution in [0.2, 0.25) is 0 Å². The van der Waals surface area contributed by atoms with Gasteiger partial charge in [-0.2, -0.15) is 0 Å². The van der Waals surface area contributed by atoms with Crippen LogP contribution < -0.4 is 0 Å². The van der Waals surface area contributed by atoms with Crippen molar-refractivity contribution in [1.29, 1.82) is 0 Å². The number of ketones is 1. The Morgan fingerprint density at radius 3 is 2.83 bits per heavy atom. The normalized spacial score (nSPS) is 25.7. The molecule has 0 amide bonds. The Kier molecular flexibility index (Phi) is 3.73. The first-order valence-corrected chi connectivity index (χ1v) is 4.96. The predicted molar refractivity (Wildman–Crippen MR) is 50.2 cm³/mol. The molecular weight excluding hydrogens is 150 g/mol. The molecule has 0 radical (unpaired) electrons. The van der Waals surface area contributed by atoms with E-state index in [1.54, 1.807) is 0 Å². The second kappa shape index (κ2) is 4.61. The van der Waals surface area contributed by atoms with Crippen molar-refractivity contribution in [2.24, 2.45) is 0 Å². The topological polar surface area (TPSA) is 20.3 Å². The zero-order valence-electron chi connectivity index (χ0n) is 8.18. The molecule has 2 heteroatoms. The van der Waals surface area contributed by atoms with E-state index < -0.39 is 0 Å². The van der Waals surface area contributed by atoms with Crippen LogP contribution in [0.1, 0.15) is 39.0 Å². The zero-order chi connectivity index (χ0) is 8.97. The van der Waals surface area contributed by atoms with Crippen LogP contribution in [0.25, 0.3) is 0 Å². The summed E-state index contributed by atoms with van der Waals surface area (Å²) in [6.07, 6.45) is 5.28. The molecule has 70 valence electrons. The molecule has 1 heterocycles. The predicted octanol–water partition coefficient (Wildman–Crippen LogP) is 1.84. The standard InChI is InChI=1S/C10H19NO/c1-3-10(12)8-9-6-4-5-7-11(9)2/h9H,3-8H2,1-2H3/t9-/m1/s1. The first-order valence-electron chi connectivity index (χ1n) is 4.96. The molecule has 0 aromatic heterocycles. The highest BCUT2D eigenvalue weighted by molar-refractivity contribution is 5.78. The SMILES string of the molecule is CCC(=O)C[C@H]1CCCCN1C. The molecule has 2 nitrogen and oxygen atoms in total. The lowest BCUT2D eigenvalue weighted by Crippen LogP contribution is -2.37. The highest BCUT2D eigenvalue weighted by Gasteiger charge is 2.20. The van der Waals surface area contributed by atoms with E-state index in [4.69, 9.17) is 0 Å². The Morgan fingerprint density at radius 2 is 2.25 bits per heavy atom. The minimum absolute atomic E-state index is 0.411. The maximum absolute atomic E-state index is 11.2. The van der Waals surface area contributed by atoms with Crippen LogP contribution in [0.5, 0.6) is 0 Å². The molecule has 0 aromatic rings. The highest BCUT2D eigenvalue weighted by atomic mass is 16.1. The van der Waals surface area contributed by atoms with Gasteiger partial charge in [-0.05, 0) is 26.4 Å². The number of nitrogens with zero attached hydrogens (tertiary/aromatic N) is 1. The summed E-state index contributed by atoms with van der Waals surface area (Å²) in [7, 11) is 2.13. The smallest absolute Gasteiger partial charge is 0.134 e. The third kappa shape index (κ3) is 2.59. The van der Waals surface area contributed by atoms with Crippen molar-refractivity contribution in [1.82, 2.24) is 4.90 Å². The Morgan fingerprint density at radius 1 is 1.50 bits per heavy atom. The molecule has 0 aromatic carbocycles. The van der Waals surface area contributed by atoms with Gasteiger partial charge in [0.05, 0.1) is 0 Å². The fourth-order valence-corrected chi connectivity index (χ4v) is 1.81. The fourth-order valence-electron chi connectivity index (χ4n) is 1.81. The Balaban J connectivity index is 2.33. The molecule has 1 rings (SSSR count). The molecule has 1 aliphatic rings. The molecule has 0 unspecified atom stereocenters. The molecule has 0 N–H and O–H groups in total. The van der Waals surface area contributed by atoms with Crippen LogP contribution in [-0.4, -0.2) is 30.3 Å². The van der Waals surface area contributed by atoms with E-state index in [0.29, 0.717) is 18.2 Å². The van der Waals surface area contributed by atoms with Gasteiger partial charge in [0.1, 0.15) is 5.78 Å². The number of rotatable bonds is 3. The van der Waals surface area contributed by atoms with Gasteiger partial charge in [-0.1, -0.05) is 13.3 Å². The first kappa shape index (κ1) is 9.72. The summed E-state index contributed by atoms with van der Waals surface area (Å²) >= 11 is 0. The summed E-state index contributed by atoms with van der Waals surface area (Å²) in [5, 5.41) is 0. The second-order valence-corrected chi connectivity index (χ2v) is 3.73. The van der Waals surface area contributed by atoms with Crippen molar-refractivity contribution in [3.63, 3.8) is 0 Å². The average molecular weight is 169 g/mol. The maximum atomic E-state index is 11.2. The molecule has 0 aliphatic carbocycles. The fraction of sp³-hybridized carbons (Fsp3) is 0.900. The first-order chi connectivity index (χ1) is 5.74. The van der Waals surface area contributed by atoms with Gasteiger partial charge in [0, 0.05) is 18.9 Å². The molecule has 0 spiro atoms. The number of piperidine rings is 1. The Bertz CT molecular complexity index is 156. The van der Waals surface area contributed by atoms with Crippen LogP contribution >= 0.6 is 0 Å². The van der Waals surface area contributed by atoms with Crippen LogP contribution in [0.15, 0.2) is 0 Å². The van der Waals surface area contributed by atoms with Gasteiger partial charge in [0.15, 0.2) is 0 Å². The van der Waals surface area contributed by atoms with Gasteiger partial charge in [0.25, 0.3) is 0 Å². The van der Waals surface area contributed by atoms with Gasteiger partial charge < -0.3 is 4.90 Å². The summed E-state index contributed by atoms with van der Waals surface area (Å²) in [6, 6.07) is 0.534. The molecular formula is C10H19NO. The van der Waals surface area contributed by atoms with Gasteiger partial charge in [-0.15, -0.1) is 0 Å². The molecule has 0 saturated carbocycles. The zero-order valence-corrected chi connectivity index (χ0v) is 8.18. The quantitative estimate of drug-likeness (QED) is 0.642. The monoisotopic (exact) mass is 169 g/mol. The number of carbonyl (C=O) groups is 1. The van der Waals surface area contributed by atoms with Gasteiger partial charge >= 0.3 is 0 Å². The molecule has 1 saturated heterocycles. The Labute approximate surface area is 74.9 Å². The molecule has 1 aliphatic heterocycles. The molecule has 0 bridgehead atoms. The third-order valence-corrected chi connectivity index (χ3v) is 2.78. The number of likely N-dealkylation sites (tertiary alicyclic amines) is 1. The summed E-state index contributed by atoms with van der Waals surface area (Å²) in [5.74, 6) is 0.411. The van der Waals surface area contributed by atoms with E-state index in [9.17, 15) is 4.79 Å². The number of carbonyl (C=O) groups excluding carboxylic acids is 1. The third-order valence-electron chi connectivity index (χ3n) is 2.78. The Hall–Kier alpha value is -0.370. The van der Waals surface area contributed by atoms with Gasteiger partial charge in [-0.25, -0.2) is 0 Å². The van der Waals surface area contributed by atoms with Crippen molar-refractivity contribution in [3.05, 3.63) is 0 Å². The molecule has 1 atom stereocenters. The summed E-state index contributed by atoms with van der Waals surface area (Å²) in [4.78, 5) is 13.5. The summed E-state index contributed by atoms with van der Waals surface area (Å²) in [6.45, 7) is 3.12. The van der Waals surface area contributed by atoms with E-state index in [1.807, 2.05) is 6.92 Å². The van der Waals surface area contributed by atoms with Crippen LogP contribution in [0.3, 0.4) is 0 Å². The van der Waals surface area contributed by atoms with Crippen molar-refractivity contribution < 1.29 is 4.79 Å². The largest absolute Gasteiger partial charge is 0.303 e. The van der Waals surface area contributed by atoms with Crippen LogP contribution in [0.4, 0.5) is 0 Å². The average Bonchev–Trinajstić information content (AvgIpc) is 2.09. The number of Topliss-reactive ketones (excluding diaryl/α,β-unsaturated/α-hetero) is 1. The summed E-state index contributed by atoms with van der Waals surface area (Å²) in [5.41, 5.74) is 0. The summed E-state index contributed by atoms with van der Waals surface area (Å²) < 4.78 is 0. The van der Waals surface area contributed by atoms with Crippen LogP contribution in [0, 0.1) is 0 Å². The van der Waals surface area contributed by atoms with E-state index in [0.717, 1.165) is 6.42 Å². The molecule has 12 heavy (non-hydrogen) atoms. The lowest BCUT2D eigenvalue weighted by atomic mass is 9.97. The number of hydrogen-bond acceptors (Lipinski definition) is 2. The lowest BCUT2D eigenvalue weighted by molar-refractivity contribution is -0.120. The van der Waals surface area contributed by atoms with Gasteiger partial charge in [-0.3, -0.25) is 4.79 Å². The van der Waals surface area contributed by atoms with Crippen molar-refractivity contribution in [2.75, 3.05) is 13.6 Å². The second-order valence-electron chi connectivity index (χ2n) is 3.73. The maximum Gasteiger partial charge on any atom is 0.134 e. The van der Waals surface area contributed by atoms with Crippen LogP contribution in [-0.2, 0) is 4.79 Å². The van der Waals surface area contributed by atoms with Gasteiger partial charge in [0.2, 0.25) is 0 Å². The van der Waals surface area contributed by atoms with E-state index in [1.165, 1.54) is 25.8 Å². The number of hydrogen-bond donors (Lipinski definition) is 0. The van der Waals surface area contributed by atoms with Crippen molar-refractivity contribution in [3.8, 4) is 0 Å². The van der Waals surface area contributed by atoms with Crippen molar-refractivity contribution >= 4 is 5.78 Å². The van der Waals surface area contributed by atoms with E-state index in [-0.39, 0.29) is 0 Å². The van der Waals surface area contributed by atoms with Crippen molar-refractivity contribution in [2.45, 2.75) is 45.1 Å².